The van der Waals surface area contributed by atoms with Crippen molar-refractivity contribution in [1.29, 1.82) is 0 Å². The van der Waals surface area contributed by atoms with E-state index in [0.29, 0.717) is 23.1 Å². The van der Waals surface area contributed by atoms with Gasteiger partial charge in [0, 0.05) is 23.8 Å². The van der Waals surface area contributed by atoms with Crippen molar-refractivity contribution in [2.24, 2.45) is 11.0 Å². The highest BCUT2D eigenvalue weighted by atomic mass is 16.2. The average molecular weight is 298 g/mol. The van der Waals surface area contributed by atoms with Crippen LogP contribution in [0.5, 0.6) is 0 Å². The molecule has 1 aliphatic rings. The fourth-order valence-electron chi connectivity index (χ4n) is 2.59. The van der Waals surface area contributed by atoms with Crippen molar-refractivity contribution < 1.29 is 4.79 Å². The number of hydrazone groups is 1. The second kappa shape index (κ2) is 5.36. The zero-order valence-electron chi connectivity index (χ0n) is 12.8. The smallest absolute Gasteiger partial charge is 0.258 e. The van der Waals surface area contributed by atoms with Crippen LogP contribution in [0.25, 0.3) is 10.9 Å². The van der Waals surface area contributed by atoms with Gasteiger partial charge in [-0.1, -0.05) is 26.8 Å². The quantitative estimate of drug-likeness (QED) is 0.887. The van der Waals surface area contributed by atoms with Gasteiger partial charge in [-0.05, 0) is 12.1 Å². The summed E-state index contributed by atoms with van der Waals surface area (Å²) in [5, 5.41) is 4.71. The van der Waals surface area contributed by atoms with Crippen LogP contribution in [0, 0.1) is 5.92 Å². The minimum absolute atomic E-state index is 0.0396. The highest BCUT2D eigenvalue weighted by Gasteiger charge is 2.22. The van der Waals surface area contributed by atoms with Gasteiger partial charge in [-0.25, -0.2) is 10.4 Å². The number of nitrogens with zero attached hydrogens (tertiary/aromatic N) is 2. The first-order chi connectivity index (χ1) is 10.5. The molecule has 0 saturated carbocycles. The zero-order chi connectivity index (χ0) is 15.9. The number of rotatable bonds is 2. The van der Waals surface area contributed by atoms with E-state index in [4.69, 9.17) is 0 Å². The summed E-state index contributed by atoms with van der Waals surface area (Å²) >= 11 is 0. The molecule has 2 aromatic rings. The molecule has 114 valence electrons. The second-order valence-electron chi connectivity index (χ2n) is 5.97. The van der Waals surface area contributed by atoms with Gasteiger partial charge in [0.2, 0.25) is 5.91 Å². The Hall–Kier alpha value is -2.50. The molecular formula is C16H18N4O2. The predicted octanol–water partition coefficient (Wildman–Crippen LogP) is 1.91. The van der Waals surface area contributed by atoms with E-state index in [0.717, 1.165) is 11.3 Å². The molecule has 0 radical (unpaired) electrons. The summed E-state index contributed by atoms with van der Waals surface area (Å²) in [7, 11) is 0. The van der Waals surface area contributed by atoms with Crippen molar-refractivity contribution in [3.63, 3.8) is 0 Å². The molecule has 0 saturated heterocycles. The molecule has 0 aliphatic carbocycles. The van der Waals surface area contributed by atoms with E-state index < -0.39 is 0 Å². The number of hydrogen-bond donors (Lipinski definition) is 2. The van der Waals surface area contributed by atoms with Crippen LogP contribution in [0.15, 0.2) is 28.1 Å². The van der Waals surface area contributed by atoms with Crippen LogP contribution in [-0.2, 0) is 4.79 Å². The maximum absolute atomic E-state index is 12.1. The van der Waals surface area contributed by atoms with E-state index in [9.17, 15) is 9.59 Å². The lowest BCUT2D eigenvalue weighted by Gasteiger charge is -2.19. The Balaban J connectivity index is 2.13. The largest absolute Gasteiger partial charge is 0.310 e. The third-order valence-corrected chi connectivity index (χ3v) is 3.83. The molecule has 6 nitrogen and oxygen atoms in total. The normalized spacial score (nSPS) is 18.5. The number of carbonyl (C=O) groups excluding carboxylic acids is 1. The Morgan fingerprint density at radius 1 is 1.27 bits per heavy atom. The van der Waals surface area contributed by atoms with Gasteiger partial charge in [-0.15, -0.1) is 0 Å². The van der Waals surface area contributed by atoms with E-state index >= 15 is 0 Å². The first-order valence-electron chi connectivity index (χ1n) is 7.36. The van der Waals surface area contributed by atoms with Gasteiger partial charge in [0.05, 0.1) is 16.6 Å². The standard InChI is InChI=1S/C16H18N4O2/c1-8(2)15-17-12-7-10(4-5-11(12)16(22)18-15)14-9(3)6-13(21)19-20-14/h4-5,7-9H,6H2,1-3H3,(H,19,21)(H,17,18,22). The SMILES string of the molecule is CC1CC(=O)NN=C1c1ccc2c(=O)[nH]c(C(C)C)nc2c1. The van der Waals surface area contributed by atoms with E-state index in [2.05, 4.69) is 20.5 Å². The first kappa shape index (κ1) is 14.4. The van der Waals surface area contributed by atoms with E-state index in [1.807, 2.05) is 32.9 Å². The lowest BCUT2D eigenvalue weighted by atomic mass is 9.93. The third kappa shape index (κ3) is 2.52. The first-order valence-corrected chi connectivity index (χ1v) is 7.36. The number of nitrogens with one attached hydrogen (secondary N) is 2. The molecule has 2 heterocycles. The molecule has 3 rings (SSSR count). The maximum atomic E-state index is 12.1. The summed E-state index contributed by atoms with van der Waals surface area (Å²) in [6.07, 6.45) is 0.414. The van der Waals surface area contributed by atoms with Crippen LogP contribution in [-0.4, -0.2) is 21.6 Å². The number of hydrogen-bond acceptors (Lipinski definition) is 4. The molecule has 0 fully saturated rings. The van der Waals surface area contributed by atoms with E-state index in [1.54, 1.807) is 6.07 Å². The van der Waals surface area contributed by atoms with Crippen LogP contribution >= 0.6 is 0 Å². The lowest BCUT2D eigenvalue weighted by Crippen LogP contribution is -2.32. The Bertz CT molecular complexity index is 836. The number of carbonyl (C=O) groups is 1. The topological polar surface area (TPSA) is 87.2 Å². The van der Waals surface area contributed by atoms with Crippen molar-refractivity contribution >= 4 is 22.5 Å². The highest BCUT2D eigenvalue weighted by molar-refractivity contribution is 6.07. The van der Waals surface area contributed by atoms with Crippen molar-refractivity contribution in [2.45, 2.75) is 33.1 Å². The maximum Gasteiger partial charge on any atom is 0.258 e. The van der Waals surface area contributed by atoms with Gasteiger partial charge < -0.3 is 4.98 Å². The fraction of sp³-hybridized carbons (Fsp3) is 0.375. The number of benzene rings is 1. The molecule has 22 heavy (non-hydrogen) atoms. The molecule has 1 atom stereocenters. The van der Waals surface area contributed by atoms with Crippen molar-refractivity contribution in [1.82, 2.24) is 15.4 Å². The Morgan fingerprint density at radius 2 is 2.05 bits per heavy atom. The van der Waals surface area contributed by atoms with Crippen molar-refractivity contribution in [3.8, 4) is 0 Å². The van der Waals surface area contributed by atoms with Crippen LogP contribution in [0.1, 0.15) is 44.5 Å². The van der Waals surface area contributed by atoms with Gasteiger partial charge in [0.1, 0.15) is 5.82 Å². The summed E-state index contributed by atoms with van der Waals surface area (Å²) in [4.78, 5) is 30.8. The molecule has 1 aromatic carbocycles. The number of H-pyrrole nitrogens is 1. The number of amides is 1. The van der Waals surface area contributed by atoms with Gasteiger partial charge in [0.15, 0.2) is 0 Å². The van der Waals surface area contributed by atoms with Gasteiger partial charge >= 0.3 is 0 Å². The van der Waals surface area contributed by atoms with Crippen molar-refractivity contribution in [2.75, 3.05) is 0 Å². The summed E-state index contributed by atoms with van der Waals surface area (Å²) < 4.78 is 0. The van der Waals surface area contributed by atoms with E-state index in [1.165, 1.54) is 0 Å². The molecule has 2 N–H and O–H groups in total. The Labute approximate surface area is 127 Å². The molecule has 1 amide bonds. The highest BCUT2D eigenvalue weighted by Crippen LogP contribution is 2.20. The molecule has 0 spiro atoms. The molecule has 0 bridgehead atoms. The number of fused-ring (bicyclic) bond motifs is 1. The van der Waals surface area contributed by atoms with Gasteiger partial charge in [0.25, 0.3) is 5.56 Å². The van der Waals surface area contributed by atoms with Gasteiger partial charge in [-0.3, -0.25) is 9.59 Å². The molecular weight excluding hydrogens is 280 g/mol. The van der Waals surface area contributed by atoms with E-state index in [-0.39, 0.29) is 23.3 Å². The van der Waals surface area contributed by atoms with Crippen LogP contribution in [0.3, 0.4) is 0 Å². The molecule has 1 aromatic heterocycles. The average Bonchev–Trinajstić information content (AvgIpc) is 2.46. The number of aromatic nitrogens is 2. The zero-order valence-corrected chi connectivity index (χ0v) is 12.8. The minimum Gasteiger partial charge on any atom is -0.310 e. The van der Waals surface area contributed by atoms with Gasteiger partial charge in [-0.2, -0.15) is 5.10 Å². The third-order valence-electron chi connectivity index (χ3n) is 3.83. The summed E-state index contributed by atoms with van der Waals surface area (Å²) in [5.74, 6) is 0.777. The molecule has 1 aliphatic heterocycles. The van der Waals surface area contributed by atoms with Crippen LogP contribution in [0.2, 0.25) is 0 Å². The molecule has 1 unspecified atom stereocenters. The lowest BCUT2D eigenvalue weighted by molar-refractivity contribution is -0.121. The predicted molar refractivity (Wildman–Crippen MR) is 84.9 cm³/mol. The second-order valence-corrected chi connectivity index (χ2v) is 5.97. The number of aromatic amines is 1. The summed E-state index contributed by atoms with van der Waals surface area (Å²) in [6, 6.07) is 5.47. The van der Waals surface area contributed by atoms with Crippen LogP contribution in [0.4, 0.5) is 0 Å². The van der Waals surface area contributed by atoms with Crippen molar-refractivity contribution in [3.05, 3.63) is 39.9 Å². The van der Waals surface area contributed by atoms with Crippen LogP contribution < -0.4 is 11.0 Å². The molecule has 6 heteroatoms. The Morgan fingerprint density at radius 3 is 2.73 bits per heavy atom. The summed E-state index contributed by atoms with van der Waals surface area (Å²) in [5.41, 5.74) is 4.73. The Kier molecular flexibility index (Phi) is 3.52. The summed E-state index contributed by atoms with van der Waals surface area (Å²) in [6.45, 7) is 5.93. The minimum atomic E-state index is -0.132. The monoisotopic (exact) mass is 298 g/mol. The fourth-order valence-corrected chi connectivity index (χ4v) is 2.59.